The van der Waals surface area contributed by atoms with E-state index < -0.39 is 30.5 Å². The highest BCUT2D eigenvalue weighted by molar-refractivity contribution is 6.00. The van der Waals surface area contributed by atoms with Crippen molar-refractivity contribution in [3.8, 4) is 0 Å². The molecule has 1 aliphatic rings. The number of amides is 3. The molecule has 8 nitrogen and oxygen atoms in total. The summed E-state index contributed by atoms with van der Waals surface area (Å²) in [6.07, 6.45) is -0.878. The van der Waals surface area contributed by atoms with Gasteiger partial charge in [-0.25, -0.2) is 4.79 Å². The fraction of sp³-hybridized carbons (Fsp3) is 0.412. The van der Waals surface area contributed by atoms with Crippen LogP contribution in [-0.2, 0) is 23.9 Å². The number of carbonyl (C=O) groups excluding carboxylic acids is 4. The number of aryl methyl sites for hydroxylation is 1. The Kier molecular flexibility index (Phi) is 6.10. The number of hydrogen-bond donors (Lipinski definition) is 1. The van der Waals surface area contributed by atoms with Crippen LogP contribution < -0.4 is 10.2 Å². The van der Waals surface area contributed by atoms with Gasteiger partial charge in [0.2, 0.25) is 5.91 Å². The van der Waals surface area contributed by atoms with E-state index in [2.05, 4.69) is 4.74 Å². The summed E-state index contributed by atoms with van der Waals surface area (Å²) in [6, 6.07) is 7.39. The predicted octanol–water partition coefficient (Wildman–Crippen LogP) is 1.16. The Morgan fingerprint density at radius 2 is 1.88 bits per heavy atom. The van der Waals surface area contributed by atoms with E-state index in [0.29, 0.717) is 5.69 Å². The van der Waals surface area contributed by atoms with Gasteiger partial charge in [-0.1, -0.05) is 17.7 Å². The molecule has 1 fully saturated rings. The normalized spacial score (nSPS) is 16.5. The number of nitrogens with zero attached hydrogens (tertiary/aromatic N) is 1. The standard InChI is InChI=1S/C17H20N2O6/c1-3-24-17(23)18-14(20)10-25-16(22)12-8-15(21)19(9-12)13-6-4-11(2)5-7-13/h4-7,12H,3,8-10H2,1-2H3,(H,18,20,23)/t12-/m0/s1. The molecule has 1 aliphatic heterocycles. The quantitative estimate of drug-likeness (QED) is 0.801. The van der Waals surface area contributed by atoms with E-state index in [1.807, 2.05) is 36.5 Å². The maximum Gasteiger partial charge on any atom is 0.413 e. The minimum absolute atomic E-state index is 0.0200. The summed E-state index contributed by atoms with van der Waals surface area (Å²) >= 11 is 0. The molecule has 0 bridgehead atoms. The third-order valence-electron chi connectivity index (χ3n) is 3.67. The van der Waals surface area contributed by atoms with Gasteiger partial charge in [-0.2, -0.15) is 0 Å². The van der Waals surface area contributed by atoms with Crippen LogP contribution in [0.2, 0.25) is 0 Å². The summed E-state index contributed by atoms with van der Waals surface area (Å²) in [6.45, 7) is 3.25. The van der Waals surface area contributed by atoms with Crippen molar-refractivity contribution < 1.29 is 28.7 Å². The lowest BCUT2D eigenvalue weighted by molar-refractivity contribution is -0.152. The summed E-state index contributed by atoms with van der Waals surface area (Å²) in [5, 5.41) is 1.92. The summed E-state index contributed by atoms with van der Waals surface area (Å²) in [4.78, 5) is 48.2. The van der Waals surface area contributed by atoms with Crippen molar-refractivity contribution in [1.29, 1.82) is 0 Å². The largest absolute Gasteiger partial charge is 0.455 e. The molecule has 0 spiro atoms. The molecule has 2 rings (SSSR count). The third-order valence-corrected chi connectivity index (χ3v) is 3.67. The van der Waals surface area contributed by atoms with Crippen molar-refractivity contribution in [2.24, 2.45) is 5.92 Å². The minimum Gasteiger partial charge on any atom is -0.455 e. The number of benzene rings is 1. The Morgan fingerprint density at radius 1 is 1.20 bits per heavy atom. The maximum atomic E-state index is 12.1. The van der Waals surface area contributed by atoms with Crippen molar-refractivity contribution in [2.45, 2.75) is 20.3 Å². The van der Waals surface area contributed by atoms with E-state index in [1.54, 1.807) is 6.92 Å². The third kappa shape index (κ3) is 5.03. The van der Waals surface area contributed by atoms with E-state index in [0.717, 1.165) is 5.56 Å². The van der Waals surface area contributed by atoms with E-state index in [9.17, 15) is 19.2 Å². The predicted molar refractivity (Wildman–Crippen MR) is 87.8 cm³/mol. The smallest absolute Gasteiger partial charge is 0.413 e. The molecule has 3 amide bonds. The lowest BCUT2D eigenvalue weighted by atomic mass is 10.1. The van der Waals surface area contributed by atoms with Gasteiger partial charge in [0.05, 0.1) is 12.5 Å². The number of ether oxygens (including phenoxy) is 2. The molecule has 25 heavy (non-hydrogen) atoms. The highest BCUT2D eigenvalue weighted by Gasteiger charge is 2.36. The Bertz CT molecular complexity index is 670. The van der Waals surface area contributed by atoms with E-state index in [1.165, 1.54) is 4.90 Å². The number of imide groups is 1. The van der Waals surface area contributed by atoms with Gasteiger partial charge in [0.1, 0.15) is 0 Å². The molecule has 0 radical (unpaired) electrons. The molecule has 0 aliphatic carbocycles. The van der Waals surface area contributed by atoms with E-state index in [-0.39, 0.29) is 25.5 Å². The summed E-state index contributed by atoms with van der Waals surface area (Å²) in [5.74, 6) is -2.26. The zero-order valence-corrected chi connectivity index (χ0v) is 14.1. The van der Waals surface area contributed by atoms with Gasteiger partial charge in [-0.3, -0.25) is 19.7 Å². The lowest BCUT2D eigenvalue weighted by Gasteiger charge is -2.16. The second-order valence-electron chi connectivity index (χ2n) is 5.62. The maximum absolute atomic E-state index is 12.1. The molecule has 8 heteroatoms. The molecule has 0 saturated carbocycles. The second-order valence-corrected chi connectivity index (χ2v) is 5.62. The Labute approximate surface area is 145 Å². The van der Waals surface area contributed by atoms with Crippen LogP contribution in [0.25, 0.3) is 0 Å². The number of carbonyl (C=O) groups is 4. The van der Waals surface area contributed by atoms with Crippen LogP contribution >= 0.6 is 0 Å². The monoisotopic (exact) mass is 348 g/mol. The average Bonchev–Trinajstić information content (AvgIpc) is 2.95. The zero-order valence-electron chi connectivity index (χ0n) is 14.1. The molecule has 1 saturated heterocycles. The molecular weight excluding hydrogens is 328 g/mol. The van der Waals surface area contributed by atoms with E-state index >= 15 is 0 Å². The van der Waals surface area contributed by atoms with Crippen LogP contribution in [0.15, 0.2) is 24.3 Å². The number of alkyl carbamates (subject to hydrolysis) is 1. The van der Waals surface area contributed by atoms with Crippen LogP contribution in [-0.4, -0.2) is 43.6 Å². The van der Waals surface area contributed by atoms with Gasteiger partial charge in [0, 0.05) is 18.7 Å². The average molecular weight is 348 g/mol. The van der Waals surface area contributed by atoms with Gasteiger partial charge >= 0.3 is 12.1 Å². The summed E-state index contributed by atoms with van der Waals surface area (Å²) < 4.78 is 9.42. The van der Waals surface area contributed by atoms with Crippen LogP contribution in [0.1, 0.15) is 18.9 Å². The number of rotatable bonds is 5. The van der Waals surface area contributed by atoms with Crippen molar-refractivity contribution in [2.75, 3.05) is 24.7 Å². The Morgan fingerprint density at radius 3 is 2.52 bits per heavy atom. The number of esters is 1. The van der Waals surface area contributed by atoms with Crippen LogP contribution in [0.4, 0.5) is 10.5 Å². The minimum atomic E-state index is -0.898. The van der Waals surface area contributed by atoms with Crippen molar-refractivity contribution in [3.63, 3.8) is 0 Å². The molecule has 134 valence electrons. The highest BCUT2D eigenvalue weighted by Crippen LogP contribution is 2.26. The van der Waals surface area contributed by atoms with Gasteiger partial charge < -0.3 is 14.4 Å². The van der Waals surface area contributed by atoms with Crippen molar-refractivity contribution in [3.05, 3.63) is 29.8 Å². The second kappa shape index (κ2) is 8.27. The Balaban J connectivity index is 1.85. The van der Waals surface area contributed by atoms with Crippen LogP contribution in [0.5, 0.6) is 0 Å². The topological polar surface area (TPSA) is 102 Å². The molecule has 0 unspecified atom stereocenters. The SMILES string of the molecule is CCOC(=O)NC(=O)COC(=O)[C@H]1CC(=O)N(c2ccc(C)cc2)C1. The first-order valence-corrected chi connectivity index (χ1v) is 7.91. The first kappa shape index (κ1) is 18.4. The Hall–Kier alpha value is -2.90. The molecule has 1 atom stereocenters. The molecular formula is C17H20N2O6. The molecule has 1 heterocycles. The molecule has 0 aromatic heterocycles. The van der Waals surface area contributed by atoms with Gasteiger partial charge in [0.25, 0.3) is 5.91 Å². The molecule has 1 N–H and O–H groups in total. The molecule has 1 aromatic carbocycles. The van der Waals surface area contributed by atoms with Crippen molar-refractivity contribution >= 4 is 29.6 Å². The number of hydrogen-bond acceptors (Lipinski definition) is 6. The molecule has 1 aromatic rings. The summed E-state index contributed by atoms with van der Waals surface area (Å²) in [5.41, 5.74) is 1.78. The van der Waals surface area contributed by atoms with Gasteiger partial charge in [0.15, 0.2) is 6.61 Å². The highest BCUT2D eigenvalue weighted by atomic mass is 16.6. The number of nitrogens with one attached hydrogen (secondary N) is 1. The van der Waals surface area contributed by atoms with Crippen molar-refractivity contribution in [1.82, 2.24) is 5.32 Å². The lowest BCUT2D eigenvalue weighted by Crippen LogP contribution is -2.35. The van der Waals surface area contributed by atoms with Gasteiger partial charge in [-0.05, 0) is 26.0 Å². The van der Waals surface area contributed by atoms with Crippen LogP contribution in [0.3, 0.4) is 0 Å². The van der Waals surface area contributed by atoms with Crippen LogP contribution in [0, 0.1) is 12.8 Å². The summed E-state index contributed by atoms with van der Waals surface area (Å²) in [7, 11) is 0. The zero-order chi connectivity index (χ0) is 18.4. The first-order valence-electron chi connectivity index (χ1n) is 7.91. The number of anilines is 1. The van der Waals surface area contributed by atoms with Gasteiger partial charge in [-0.15, -0.1) is 0 Å². The fourth-order valence-electron chi connectivity index (χ4n) is 2.41. The van der Waals surface area contributed by atoms with E-state index in [4.69, 9.17) is 4.74 Å². The first-order chi connectivity index (χ1) is 11.9. The fourth-order valence-corrected chi connectivity index (χ4v) is 2.41.